The van der Waals surface area contributed by atoms with Crippen molar-refractivity contribution < 1.29 is 25.2 Å². The summed E-state index contributed by atoms with van der Waals surface area (Å²) in [6.07, 6.45) is 1.82. The third kappa shape index (κ3) is 15.8. The third-order valence-corrected chi connectivity index (χ3v) is 0.578. The minimum atomic E-state index is -1.23. The molecule has 0 rings (SSSR count). The van der Waals surface area contributed by atoms with Gasteiger partial charge in [0, 0.05) is 6.08 Å². The Morgan fingerprint density at radius 3 is 1.92 bits per heavy atom. The maximum Gasteiger partial charge on any atom is 0.334 e. The lowest BCUT2D eigenvalue weighted by molar-refractivity contribution is -0.420. The van der Waals surface area contributed by atoms with Gasteiger partial charge in [-0.05, 0) is 6.08 Å². The number of rotatable bonds is 3. The van der Waals surface area contributed by atoms with Gasteiger partial charge in [-0.25, -0.2) is 4.79 Å². The van der Waals surface area contributed by atoms with Crippen LogP contribution in [0.2, 0.25) is 0 Å². The van der Waals surface area contributed by atoms with Gasteiger partial charge in [-0.15, -0.1) is 0 Å². The van der Waals surface area contributed by atoms with Gasteiger partial charge in [-0.3, -0.25) is 0 Å². The summed E-state index contributed by atoms with van der Waals surface area (Å²) in [5.41, 5.74) is 3.28. The Kier molecular flexibility index (Phi) is 10.2. The average molecular weight is 173 g/mol. The van der Waals surface area contributed by atoms with Crippen LogP contribution < -0.4 is 10.8 Å². The number of hydrogen-bond donors (Lipinski definition) is 1. The molecule has 5 nitrogen and oxygen atoms in total. The lowest BCUT2D eigenvalue weighted by atomic mass is 10.7. The van der Waals surface area contributed by atoms with Crippen molar-refractivity contribution in [3.8, 4) is 0 Å². The number of carbonyl (C=O) groups excluding carboxylic acids is 2. The van der Waals surface area contributed by atoms with Gasteiger partial charge in [0.15, 0.2) is 0 Å². The van der Waals surface area contributed by atoms with E-state index in [0.717, 1.165) is 12.2 Å². The molecule has 0 saturated heterocycles. The predicted octanol–water partition coefficient (Wildman–Crippen LogP) is -2.16. The van der Waals surface area contributed by atoms with E-state index < -0.39 is 11.9 Å². The highest BCUT2D eigenvalue weighted by Gasteiger charge is 1.88. The minimum Gasteiger partial charge on any atom is -0.545 e. The number of ether oxygens (including phenoxy) is 1. The van der Waals surface area contributed by atoms with E-state index in [-0.39, 0.29) is 6.73 Å². The van der Waals surface area contributed by atoms with E-state index >= 15 is 0 Å². The first kappa shape index (κ1) is 13.0. The molecule has 0 aromatic rings. The van der Waals surface area contributed by atoms with Gasteiger partial charge in [0.1, 0.15) is 0 Å². The first-order chi connectivity index (χ1) is 5.58. The van der Waals surface area contributed by atoms with E-state index in [2.05, 4.69) is 23.6 Å². The molecule has 12 heavy (non-hydrogen) atoms. The number of carboxylic acids is 1. The predicted molar refractivity (Wildman–Crippen MR) is 39.2 cm³/mol. The maximum atomic E-state index is 10.0. The Labute approximate surface area is 70.1 Å². The molecule has 0 bridgehead atoms. The molecule has 5 heteroatoms. The molecule has 0 unspecified atom stereocenters. The molecule has 0 aromatic heterocycles. The van der Waals surface area contributed by atoms with Crippen LogP contribution in [0.15, 0.2) is 25.3 Å². The molecule has 68 valence electrons. The summed E-state index contributed by atoms with van der Waals surface area (Å²) in [7, 11) is 0. The number of carboxylic acid groups (broad SMARTS) is 1. The van der Waals surface area contributed by atoms with E-state index in [0.29, 0.717) is 0 Å². The van der Waals surface area contributed by atoms with Crippen molar-refractivity contribution in [3.63, 3.8) is 0 Å². The molecule has 0 atom stereocenters. The van der Waals surface area contributed by atoms with Gasteiger partial charge in [0.2, 0.25) is 6.73 Å². The van der Waals surface area contributed by atoms with Crippen LogP contribution in [0, 0.1) is 0 Å². The number of quaternary nitrogens is 1. The fourth-order valence-corrected chi connectivity index (χ4v) is 0.160. The Morgan fingerprint density at radius 2 is 1.83 bits per heavy atom. The second-order valence-corrected chi connectivity index (χ2v) is 1.39. The molecule has 0 aliphatic rings. The summed E-state index contributed by atoms with van der Waals surface area (Å²) in [6, 6.07) is 0. The molecule has 0 spiro atoms. The molecular formula is C7H11NO4. The van der Waals surface area contributed by atoms with Crippen molar-refractivity contribution in [2.45, 2.75) is 0 Å². The largest absolute Gasteiger partial charge is 0.545 e. The van der Waals surface area contributed by atoms with Crippen molar-refractivity contribution in [2.75, 3.05) is 6.73 Å². The van der Waals surface area contributed by atoms with Crippen molar-refractivity contribution in [1.82, 2.24) is 0 Å². The highest BCUT2D eigenvalue weighted by atomic mass is 16.5. The first-order valence-electron chi connectivity index (χ1n) is 3.00. The molecule has 3 N–H and O–H groups in total. The SMILES string of the molecule is C=CC(=O)OC[NH3+].C=CC(=O)[O-]. The van der Waals surface area contributed by atoms with Crippen molar-refractivity contribution in [3.05, 3.63) is 25.3 Å². The van der Waals surface area contributed by atoms with E-state index in [1.807, 2.05) is 0 Å². The maximum absolute atomic E-state index is 10.0. The van der Waals surface area contributed by atoms with Crippen LogP contribution in [0.5, 0.6) is 0 Å². The van der Waals surface area contributed by atoms with E-state index in [1.165, 1.54) is 0 Å². The number of esters is 1. The lowest BCUT2D eigenvalue weighted by Gasteiger charge is -1.88. The van der Waals surface area contributed by atoms with Crippen LogP contribution in [0.4, 0.5) is 0 Å². The zero-order valence-electron chi connectivity index (χ0n) is 6.62. The number of hydrogen-bond acceptors (Lipinski definition) is 4. The fourth-order valence-electron chi connectivity index (χ4n) is 0.160. The van der Waals surface area contributed by atoms with Crippen LogP contribution in [-0.2, 0) is 14.3 Å². The second kappa shape index (κ2) is 9.38. The molecule has 0 aliphatic heterocycles. The normalized spacial score (nSPS) is 7.08. The summed E-state index contributed by atoms with van der Waals surface area (Å²) < 4.78 is 4.32. The second-order valence-electron chi connectivity index (χ2n) is 1.39. The Balaban J connectivity index is 0. The molecule has 0 heterocycles. The molecule has 0 amide bonds. The Morgan fingerprint density at radius 1 is 1.42 bits per heavy atom. The number of aliphatic carboxylic acids is 1. The molecule has 0 aromatic carbocycles. The zero-order valence-corrected chi connectivity index (χ0v) is 6.62. The summed E-state index contributed by atoms with van der Waals surface area (Å²) >= 11 is 0. The average Bonchev–Trinajstić information content (AvgIpc) is 2.06. The lowest BCUT2D eigenvalue weighted by Crippen LogP contribution is -2.52. The Hall–Kier alpha value is -1.62. The summed E-state index contributed by atoms with van der Waals surface area (Å²) in [5.74, 6) is -1.65. The quantitative estimate of drug-likeness (QED) is 0.299. The summed E-state index contributed by atoms with van der Waals surface area (Å²) in [5, 5.41) is 9.14. The first-order valence-corrected chi connectivity index (χ1v) is 3.00. The summed E-state index contributed by atoms with van der Waals surface area (Å²) in [6.45, 7) is 6.25. The monoisotopic (exact) mass is 173 g/mol. The zero-order chi connectivity index (χ0) is 9.98. The van der Waals surface area contributed by atoms with Crippen molar-refractivity contribution in [1.29, 1.82) is 0 Å². The van der Waals surface area contributed by atoms with Crippen LogP contribution in [0.3, 0.4) is 0 Å². The number of carbonyl (C=O) groups is 2. The van der Waals surface area contributed by atoms with E-state index in [4.69, 9.17) is 9.90 Å². The standard InChI is InChI=1S/C4H7NO2.C3H4O2/c1-2-4(6)7-3-5;1-2-3(4)5/h2H,1,3,5H2;2H,1H2,(H,4,5). The molecule has 0 aliphatic carbocycles. The van der Waals surface area contributed by atoms with Crippen LogP contribution in [-0.4, -0.2) is 18.7 Å². The molecule has 0 saturated carbocycles. The van der Waals surface area contributed by atoms with Gasteiger partial charge in [0.05, 0.1) is 5.97 Å². The Bertz CT molecular complexity index is 176. The van der Waals surface area contributed by atoms with Gasteiger partial charge < -0.3 is 20.4 Å². The van der Waals surface area contributed by atoms with E-state index in [9.17, 15) is 4.79 Å². The van der Waals surface area contributed by atoms with Crippen LogP contribution in [0.25, 0.3) is 0 Å². The molecule has 0 radical (unpaired) electrons. The summed E-state index contributed by atoms with van der Waals surface area (Å²) in [4.78, 5) is 19.2. The van der Waals surface area contributed by atoms with Crippen LogP contribution in [0.1, 0.15) is 0 Å². The van der Waals surface area contributed by atoms with Gasteiger partial charge >= 0.3 is 5.97 Å². The van der Waals surface area contributed by atoms with Crippen molar-refractivity contribution >= 4 is 11.9 Å². The van der Waals surface area contributed by atoms with Crippen molar-refractivity contribution in [2.24, 2.45) is 0 Å². The highest BCUT2D eigenvalue weighted by molar-refractivity contribution is 5.81. The minimum absolute atomic E-state index is 0.171. The molecular weight excluding hydrogens is 162 g/mol. The third-order valence-electron chi connectivity index (χ3n) is 0.578. The van der Waals surface area contributed by atoms with Gasteiger partial charge in [0.25, 0.3) is 0 Å². The topological polar surface area (TPSA) is 94.1 Å². The van der Waals surface area contributed by atoms with Gasteiger partial charge in [-0.2, -0.15) is 0 Å². The van der Waals surface area contributed by atoms with Gasteiger partial charge in [-0.1, -0.05) is 13.2 Å². The van der Waals surface area contributed by atoms with E-state index in [1.54, 1.807) is 0 Å². The van der Waals surface area contributed by atoms with Crippen LogP contribution >= 0.6 is 0 Å². The smallest absolute Gasteiger partial charge is 0.334 e. The fraction of sp³-hybridized carbons (Fsp3) is 0.143. The molecule has 0 fully saturated rings. The highest BCUT2D eigenvalue weighted by Crippen LogP contribution is 1.70.